The number of nitrogens with one attached hydrogen (secondary N) is 2. The summed E-state index contributed by atoms with van der Waals surface area (Å²) in [5.74, 6) is -5.35. The molecule has 1 saturated heterocycles. The highest BCUT2D eigenvalue weighted by molar-refractivity contribution is 5.84. The third-order valence-electron chi connectivity index (χ3n) is 5.06. The summed E-state index contributed by atoms with van der Waals surface area (Å²) < 4.78 is 54.3. The van der Waals surface area contributed by atoms with Crippen molar-refractivity contribution in [2.24, 2.45) is 0 Å². The summed E-state index contributed by atoms with van der Waals surface area (Å²) in [5, 5.41) is 23.4. The molecule has 1 aliphatic heterocycles. The van der Waals surface area contributed by atoms with E-state index in [-0.39, 0.29) is 25.1 Å². The van der Waals surface area contributed by atoms with E-state index in [0.29, 0.717) is 12.1 Å². The number of amides is 3. The number of rotatable bonds is 8. The van der Waals surface area contributed by atoms with E-state index >= 15 is 0 Å². The molecule has 2 rings (SSSR count). The standard InChI is InChI=1S/C20H25F4N3O5/c1-20(2,24)18(30)25-8-12-6-13(28)9-27(12)17(29)5-11(26-19(31)32)3-10-4-15(22)16(23)7-14(10)21/h4,7,11-13,26,28H,3,5-6,8-9H2,1-2H3,(H,25,30)(H,31,32)/t11-,12+,13+/m1/s1. The van der Waals surface area contributed by atoms with Gasteiger partial charge in [-0.05, 0) is 38.3 Å². The van der Waals surface area contributed by atoms with Gasteiger partial charge in [0.2, 0.25) is 5.91 Å². The van der Waals surface area contributed by atoms with Gasteiger partial charge in [0.15, 0.2) is 17.3 Å². The van der Waals surface area contributed by atoms with E-state index in [4.69, 9.17) is 5.11 Å². The number of hydrogen-bond donors (Lipinski definition) is 4. The molecule has 1 aromatic carbocycles. The third kappa shape index (κ3) is 6.81. The van der Waals surface area contributed by atoms with Gasteiger partial charge in [-0.15, -0.1) is 0 Å². The van der Waals surface area contributed by atoms with E-state index < -0.39 is 72.1 Å². The van der Waals surface area contributed by atoms with Crippen molar-refractivity contribution in [3.05, 3.63) is 35.1 Å². The highest BCUT2D eigenvalue weighted by Crippen LogP contribution is 2.21. The highest BCUT2D eigenvalue weighted by atomic mass is 19.2. The topological polar surface area (TPSA) is 119 Å². The number of carbonyl (C=O) groups is 3. The van der Waals surface area contributed by atoms with Gasteiger partial charge in [-0.3, -0.25) is 9.59 Å². The highest BCUT2D eigenvalue weighted by Gasteiger charge is 2.36. The molecule has 1 aliphatic rings. The van der Waals surface area contributed by atoms with Crippen molar-refractivity contribution >= 4 is 17.9 Å². The summed E-state index contributed by atoms with van der Waals surface area (Å²) in [4.78, 5) is 36.9. The molecule has 12 heteroatoms. The number of nitrogens with zero attached hydrogens (tertiary/aromatic N) is 1. The van der Waals surface area contributed by atoms with Crippen molar-refractivity contribution in [3.8, 4) is 0 Å². The van der Waals surface area contributed by atoms with Gasteiger partial charge in [0.1, 0.15) is 5.82 Å². The van der Waals surface area contributed by atoms with Crippen LogP contribution in [0.5, 0.6) is 0 Å². The Labute approximate surface area is 181 Å². The summed E-state index contributed by atoms with van der Waals surface area (Å²) in [6.07, 6.45) is -3.23. The zero-order valence-corrected chi connectivity index (χ0v) is 17.5. The van der Waals surface area contributed by atoms with Crippen LogP contribution in [0.2, 0.25) is 0 Å². The third-order valence-corrected chi connectivity index (χ3v) is 5.06. The van der Waals surface area contributed by atoms with Gasteiger partial charge in [0.05, 0.1) is 12.1 Å². The lowest BCUT2D eigenvalue weighted by Crippen LogP contribution is -2.48. The largest absolute Gasteiger partial charge is 0.465 e. The molecule has 1 heterocycles. The summed E-state index contributed by atoms with van der Waals surface area (Å²) in [5.41, 5.74) is -2.47. The second kappa shape index (κ2) is 10.2. The van der Waals surface area contributed by atoms with Crippen LogP contribution in [0.1, 0.15) is 32.3 Å². The molecule has 3 atom stereocenters. The van der Waals surface area contributed by atoms with Crippen molar-refractivity contribution in [3.63, 3.8) is 0 Å². The minimum absolute atomic E-state index is 0.0995. The second-order valence-electron chi connectivity index (χ2n) is 8.18. The van der Waals surface area contributed by atoms with Gasteiger partial charge in [-0.2, -0.15) is 0 Å². The molecule has 0 unspecified atom stereocenters. The summed E-state index contributed by atoms with van der Waals surface area (Å²) in [6.45, 7) is 1.89. The zero-order chi connectivity index (χ0) is 24.2. The lowest BCUT2D eigenvalue weighted by molar-refractivity contribution is -0.134. The maximum Gasteiger partial charge on any atom is 0.404 e. The van der Waals surface area contributed by atoms with Gasteiger partial charge in [-0.1, -0.05) is 0 Å². The quantitative estimate of drug-likeness (QED) is 0.344. The Morgan fingerprint density at radius 2 is 1.81 bits per heavy atom. The zero-order valence-electron chi connectivity index (χ0n) is 17.5. The SMILES string of the molecule is CC(C)(F)C(=O)NC[C@@H]1C[C@H](O)CN1C(=O)C[C@@H](Cc1cc(F)c(F)cc1F)NC(=O)O. The van der Waals surface area contributed by atoms with Crippen LogP contribution in [0.4, 0.5) is 22.4 Å². The van der Waals surface area contributed by atoms with Crippen LogP contribution in [-0.4, -0.2) is 70.0 Å². The van der Waals surface area contributed by atoms with Crippen molar-refractivity contribution in [2.75, 3.05) is 13.1 Å². The Bertz CT molecular complexity index is 878. The van der Waals surface area contributed by atoms with Gasteiger partial charge in [0, 0.05) is 31.6 Å². The first-order chi connectivity index (χ1) is 14.8. The summed E-state index contributed by atoms with van der Waals surface area (Å²) >= 11 is 0. The average Bonchev–Trinajstić information content (AvgIpc) is 3.03. The Balaban J connectivity index is 2.11. The normalized spacial score (nSPS) is 19.5. The van der Waals surface area contributed by atoms with E-state index in [1.54, 1.807) is 0 Å². The van der Waals surface area contributed by atoms with Gasteiger partial charge >= 0.3 is 6.09 Å². The van der Waals surface area contributed by atoms with Crippen molar-refractivity contribution in [1.29, 1.82) is 0 Å². The first kappa shape index (κ1) is 25.4. The Morgan fingerprint density at radius 1 is 1.19 bits per heavy atom. The van der Waals surface area contributed by atoms with Crippen LogP contribution >= 0.6 is 0 Å². The van der Waals surface area contributed by atoms with Crippen molar-refractivity contribution < 1.29 is 42.2 Å². The number of benzene rings is 1. The molecule has 32 heavy (non-hydrogen) atoms. The summed E-state index contributed by atoms with van der Waals surface area (Å²) in [7, 11) is 0. The Kier molecular flexibility index (Phi) is 8.05. The number of aliphatic hydroxyl groups excluding tert-OH is 1. The molecule has 8 nitrogen and oxygen atoms in total. The molecule has 0 radical (unpaired) electrons. The molecule has 1 fully saturated rings. The van der Waals surface area contributed by atoms with Crippen LogP contribution in [0, 0.1) is 17.5 Å². The van der Waals surface area contributed by atoms with Gasteiger partial charge in [0.25, 0.3) is 5.91 Å². The first-order valence-corrected chi connectivity index (χ1v) is 9.85. The van der Waals surface area contributed by atoms with Crippen LogP contribution in [0.3, 0.4) is 0 Å². The molecule has 3 amide bonds. The van der Waals surface area contributed by atoms with E-state index in [9.17, 15) is 37.1 Å². The van der Waals surface area contributed by atoms with Crippen LogP contribution < -0.4 is 10.6 Å². The molecule has 178 valence electrons. The molecule has 1 aromatic rings. The fourth-order valence-corrected chi connectivity index (χ4v) is 3.47. The Hall–Kier alpha value is -2.89. The number of aliphatic hydroxyl groups is 1. The molecular formula is C20H25F4N3O5. The van der Waals surface area contributed by atoms with E-state index in [0.717, 1.165) is 13.8 Å². The average molecular weight is 463 g/mol. The number of halogens is 4. The number of carboxylic acid groups (broad SMARTS) is 1. The molecule has 0 spiro atoms. The maximum atomic E-state index is 14.0. The van der Waals surface area contributed by atoms with Gasteiger partial charge in [-0.25, -0.2) is 22.4 Å². The predicted octanol–water partition coefficient (Wildman–Crippen LogP) is 1.50. The lowest BCUT2D eigenvalue weighted by Gasteiger charge is -2.27. The predicted molar refractivity (Wildman–Crippen MR) is 104 cm³/mol. The Morgan fingerprint density at radius 3 is 2.41 bits per heavy atom. The first-order valence-electron chi connectivity index (χ1n) is 9.85. The van der Waals surface area contributed by atoms with Gasteiger partial charge < -0.3 is 25.7 Å². The molecular weight excluding hydrogens is 438 g/mol. The van der Waals surface area contributed by atoms with Crippen LogP contribution in [0.15, 0.2) is 12.1 Å². The van der Waals surface area contributed by atoms with E-state index in [1.807, 2.05) is 5.32 Å². The fourth-order valence-electron chi connectivity index (χ4n) is 3.47. The molecule has 4 N–H and O–H groups in total. The van der Waals surface area contributed by atoms with Crippen LogP contribution in [0.25, 0.3) is 0 Å². The fraction of sp³-hybridized carbons (Fsp3) is 0.550. The minimum Gasteiger partial charge on any atom is -0.465 e. The molecule has 0 bridgehead atoms. The molecule has 0 aliphatic carbocycles. The smallest absolute Gasteiger partial charge is 0.404 e. The molecule has 0 saturated carbocycles. The maximum absolute atomic E-state index is 14.0. The van der Waals surface area contributed by atoms with Crippen molar-refractivity contribution in [1.82, 2.24) is 15.5 Å². The van der Waals surface area contributed by atoms with Crippen molar-refractivity contribution in [2.45, 2.75) is 57.0 Å². The summed E-state index contributed by atoms with van der Waals surface area (Å²) in [6, 6.07) is -0.944. The number of alkyl halides is 1. The second-order valence-corrected chi connectivity index (χ2v) is 8.18. The van der Waals surface area contributed by atoms with E-state index in [1.165, 1.54) is 4.90 Å². The van der Waals surface area contributed by atoms with Crippen LogP contribution in [-0.2, 0) is 16.0 Å². The molecule has 0 aromatic heterocycles. The lowest BCUT2D eigenvalue weighted by atomic mass is 10.0. The monoisotopic (exact) mass is 463 g/mol. The minimum atomic E-state index is -2.14. The number of carbonyl (C=O) groups excluding carboxylic acids is 2. The number of hydrogen-bond acceptors (Lipinski definition) is 4. The van der Waals surface area contributed by atoms with E-state index in [2.05, 4.69) is 5.32 Å². The number of β-amino-alcohol motifs (C(OH)–C–C–N with tert-alkyl or cyclic N) is 1. The number of likely N-dealkylation sites (tertiary alicyclic amines) is 1.